The van der Waals surface area contributed by atoms with Crippen molar-refractivity contribution < 1.29 is 22.7 Å². The van der Waals surface area contributed by atoms with Crippen molar-refractivity contribution in [1.29, 1.82) is 0 Å². The first-order chi connectivity index (χ1) is 16.8. The molecule has 3 aliphatic rings. The number of alkyl halides is 3. The molecule has 0 radical (unpaired) electrons. The van der Waals surface area contributed by atoms with E-state index in [1.165, 1.54) is 38.1 Å². The number of hydrogen-bond donors (Lipinski definition) is 1. The van der Waals surface area contributed by atoms with Crippen molar-refractivity contribution in [3.8, 4) is 0 Å². The van der Waals surface area contributed by atoms with Gasteiger partial charge in [-0.15, -0.1) is 0 Å². The van der Waals surface area contributed by atoms with Gasteiger partial charge in [0, 0.05) is 37.7 Å². The van der Waals surface area contributed by atoms with Gasteiger partial charge < -0.3 is 15.4 Å². The summed E-state index contributed by atoms with van der Waals surface area (Å²) in [6.45, 7) is 3.15. The number of primary amides is 1. The molecule has 1 aromatic heterocycles. The van der Waals surface area contributed by atoms with E-state index < -0.39 is 17.6 Å². The summed E-state index contributed by atoms with van der Waals surface area (Å²) in [7, 11) is 0. The van der Waals surface area contributed by atoms with Crippen LogP contribution in [-0.2, 0) is 15.7 Å². The second-order valence-corrected chi connectivity index (χ2v) is 10.1. The lowest BCUT2D eigenvalue weighted by molar-refractivity contribution is -0.137. The van der Waals surface area contributed by atoms with E-state index in [0.717, 1.165) is 63.1 Å². The second kappa shape index (κ2) is 9.89. The lowest BCUT2D eigenvalue weighted by Gasteiger charge is -2.51. The van der Waals surface area contributed by atoms with Crippen LogP contribution in [0.25, 0.3) is 10.9 Å². The Labute approximate surface area is 202 Å². The van der Waals surface area contributed by atoms with Crippen LogP contribution in [0.1, 0.15) is 44.1 Å². The van der Waals surface area contributed by atoms with Gasteiger partial charge in [-0.2, -0.15) is 13.2 Å². The molecule has 2 aliphatic heterocycles. The van der Waals surface area contributed by atoms with Gasteiger partial charge in [-0.1, -0.05) is 0 Å². The molecule has 0 unspecified atom stereocenters. The fourth-order valence-corrected chi connectivity index (χ4v) is 6.10. The van der Waals surface area contributed by atoms with Crippen molar-refractivity contribution in [1.82, 2.24) is 14.9 Å². The number of nitrogens with zero attached hydrogens (tertiary/aromatic N) is 4. The Morgan fingerprint density at radius 3 is 2.40 bits per heavy atom. The Hall–Kier alpha value is -2.46. The van der Waals surface area contributed by atoms with Gasteiger partial charge in [0.25, 0.3) is 0 Å². The largest absolute Gasteiger partial charge is 0.416 e. The van der Waals surface area contributed by atoms with Gasteiger partial charge in [-0.3, -0.25) is 9.69 Å². The average Bonchev–Trinajstić information content (AvgIpc) is 2.82. The number of nitrogens with two attached hydrogens (primary N) is 1. The average molecular weight is 492 g/mol. The first-order valence-corrected chi connectivity index (χ1v) is 12.5. The first-order valence-electron chi connectivity index (χ1n) is 12.5. The molecular formula is C25H32F3N5O2. The topological polar surface area (TPSA) is 84.6 Å². The summed E-state index contributed by atoms with van der Waals surface area (Å²) in [5, 5.41) is 0.277. The standard InChI is InChI=1S/C25H32F3N5O2/c26-25(27,28)18-3-6-22-21(11-18)24(31-15-30-22)33(14-23(29)34)20-12-32(13-20)19-4-1-16(2-5-19)17-7-9-35-10-8-17/h3,6,11,15-17,19-20H,1-2,4-5,7-10,12-14H2,(H2,29,34). The van der Waals surface area contributed by atoms with Crippen LogP contribution in [-0.4, -0.2) is 65.7 Å². The maximum absolute atomic E-state index is 13.4. The lowest BCUT2D eigenvalue weighted by atomic mass is 9.74. The van der Waals surface area contributed by atoms with Crippen molar-refractivity contribution in [2.75, 3.05) is 37.7 Å². The maximum atomic E-state index is 13.4. The van der Waals surface area contributed by atoms with Gasteiger partial charge in [0.2, 0.25) is 5.91 Å². The van der Waals surface area contributed by atoms with Gasteiger partial charge in [-0.25, -0.2) is 9.97 Å². The van der Waals surface area contributed by atoms with Gasteiger partial charge in [-0.05, 0) is 68.6 Å². The Kier molecular flexibility index (Phi) is 6.85. The normalized spacial score (nSPS) is 24.9. The zero-order valence-electron chi connectivity index (χ0n) is 19.7. The molecule has 7 nitrogen and oxygen atoms in total. The molecule has 0 bridgehead atoms. The molecule has 5 rings (SSSR count). The molecule has 1 aromatic carbocycles. The van der Waals surface area contributed by atoms with E-state index >= 15 is 0 Å². The summed E-state index contributed by atoms with van der Waals surface area (Å²) in [4.78, 5) is 24.5. The molecule has 2 N–H and O–H groups in total. The molecule has 35 heavy (non-hydrogen) atoms. The fraction of sp³-hybridized carbons (Fsp3) is 0.640. The number of amides is 1. The van der Waals surface area contributed by atoms with Crippen LogP contribution in [0, 0.1) is 11.8 Å². The minimum Gasteiger partial charge on any atom is -0.381 e. The third-order valence-corrected chi connectivity index (χ3v) is 8.06. The molecular weight excluding hydrogens is 459 g/mol. The zero-order valence-corrected chi connectivity index (χ0v) is 19.7. The van der Waals surface area contributed by atoms with Gasteiger partial charge >= 0.3 is 6.18 Å². The van der Waals surface area contributed by atoms with Crippen molar-refractivity contribution in [3.63, 3.8) is 0 Å². The van der Waals surface area contributed by atoms with E-state index in [4.69, 9.17) is 10.5 Å². The molecule has 0 atom stereocenters. The maximum Gasteiger partial charge on any atom is 0.416 e. The van der Waals surface area contributed by atoms with Crippen LogP contribution in [0.4, 0.5) is 19.0 Å². The molecule has 0 spiro atoms. The minimum absolute atomic E-state index is 0.0386. The molecule has 2 aromatic rings. The van der Waals surface area contributed by atoms with Crippen molar-refractivity contribution in [3.05, 3.63) is 30.1 Å². The van der Waals surface area contributed by atoms with Crippen LogP contribution >= 0.6 is 0 Å². The van der Waals surface area contributed by atoms with Gasteiger partial charge in [0.05, 0.1) is 23.7 Å². The number of ether oxygens (including phenoxy) is 1. The number of likely N-dealkylation sites (tertiary alicyclic amines) is 1. The van der Waals surface area contributed by atoms with Crippen LogP contribution in [0.15, 0.2) is 24.5 Å². The summed E-state index contributed by atoms with van der Waals surface area (Å²) >= 11 is 0. The minimum atomic E-state index is -4.48. The number of fused-ring (bicyclic) bond motifs is 1. The Morgan fingerprint density at radius 1 is 1.06 bits per heavy atom. The van der Waals surface area contributed by atoms with Crippen molar-refractivity contribution in [2.24, 2.45) is 17.6 Å². The van der Waals surface area contributed by atoms with Crippen LogP contribution < -0.4 is 10.6 Å². The Morgan fingerprint density at radius 2 is 1.74 bits per heavy atom. The van der Waals surface area contributed by atoms with E-state index in [-0.39, 0.29) is 18.0 Å². The number of hydrogen-bond acceptors (Lipinski definition) is 6. The monoisotopic (exact) mass is 491 g/mol. The third-order valence-electron chi connectivity index (χ3n) is 8.06. The molecule has 1 saturated carbocycles. The van der Waals surface area contributed by atoms with Gasteiger partial charge in [0.1, 0.15) is 12.1 Å². The molecule has 1 amide bonds. The smallest absolute Gasteiger partial charge is 0.381 e. The van der Waals surface area contributed by atoms with Crippen LogP contribution in [0.3, 0.4) is 0 Å². The van der Waals surface area contributed by atoms with Gasteiger partial charge in [0.15, 0.2) is 0 Å². The highest BCUT2D eigenvalue weighted by Crippen LogP contribution is 2.39. The molecule has 2 saturated heterocycles. The first kappa shape index (κ1) is 24.2. The highest BCUT2D eigenvalue weighted by molar-refractivity contribution is 5.92. The lowest BCUT2D eigenvalue weighted by Crippen LogP contribution is -2.64. The Bertz CT molecular complexity index is 1050. The zero-order chi connectivity index (χ0) is 24.6. The number of aromatic nitrogens is 2. The molecule has 190 valence electrons. The van der Waals surface area contributed by atoms with Crippen LogP contribution in [0.5, 0.6) is 0 Å². The molecule has 10 heteroatoms. The predicted molar refractivity (Wildman–Crippen MR) is 126 cm³/mol. The highest BCUT2D eigenvalue weighted by Gasteiger charge is 2.40. The van der Waals surface area contributed by atoms with Crippen molar-refractivity contribution in [2.45, 2.75) is 56.8 Å². The number of anilines is 1. The number of benzene rings is 1. The summed E-state index contributed by atoms with van der Waals surface area (Å²) in [6.07, 6.45) is 3.99. The number of carbonyl (C=O) groups excluding carboxylic acids is 1. The fourth-order valence-electron chi connectivity index (χ4n) is 6.10. The Balaban J connectivity index is 1.28. The van der Waals surface area contributed by atoms with E-state index in [1.807, 2.05) is 0 Å². The number of carbonyl (C=O) groups is 1. The molecule has 3 heterocycles. The SMILES string of the molecule is NC(=O)CN(c1ncnc2ccc(C(F)(F)F)cc12)C1CN(C2CCC(C3CCOCC3)CC2)C1. The summed E-state index contributed by atoms with van der Waals surface area (Å²) < 4.78 is 45.6. The third kappa shape index (κ3) is 5.23. The molecule has 1 aliphatic carbocycles. The van der Waals surface area contributed by atoms with E-state index in [9.17, 15) is 18.0 Å². The van der Waals surface area contributed by atoms with Crippen LogP contribution in [0.2, 0.25) is 0 Å². The second-order valence-electron chi connectivity index (χ2n) is 10.1. The van der Waals surface area contributed by atoms with E-state index in [0.29, 0.717) is 17.4 Å². The quantitative estimate of drug-likeness (QED) is 0.665. The number of halogens is 3. The highest BCUT2D eigenvalue weighted by atomic mass is 19.4. The number of rotatable bonds is 6. The molecule has 3 fully saturated rings. The van der Waals surface area contributed by atoms with E-state index in [2.05, 4.69) is 14.9 Å². The summed E-state index contributed by atoms with van der Waals surface area (Å²) in [6, 6.07) is 3.89. The van der Waals surface area contributed by atoms with E-state index in [1.54, 1.807) is 4.90 Å². The predicted octanol–water partition coefficient (Wildman–Crippen LogP) is 3.61. The summed E-state index contributed by atoms with van der Waals surface area (Å²) in [5.74, 6) is 1.35. The summed E-state index contributed by atoms with van der Waals surface area (Å²) in [5.41, 5.74) is 5.16. The van der Waals surface area contributed by atoms with Crippen molar-refractivity contribution >= 4 is 22.6 Å².